The Hall–Kier alpha value is -0.540. The fraction of sp³-hybridized carbons (Fsp3) is 0.417. The van der Waals surface area contributed by atoms with Crippen LogP contribution in [0.1, 0.15) is 19.4 Å². The molecule has 0 aliphatic carbocycles. The Bertz CT molecular complexity index is 368. The van der Waals surface area contributed by atoms with Crippen LogP contribution in [0.15, 0.2) is 24.3 Å². The smallest absolute Gasteiger partial charge is 0.233 e. The molecule has 0 spiro atoms. The van der Waals surface area contributed by atoms with Crippen LogP contribution in [0.2, 0.25) is 5.02 Å². The monoisotopic (exact) mass is 303 g/mol. The zero-order valence-corrected chi connectivity index (χ0v) is 11.7. The maximum Gasteiger partial charge on any atom is 0.233 e. The highest BCUT2D eigenvalue weighted by Crippen LogP contribution is 2.12. The van der Waals surface area contributed by atoms with Crippen LogP contribution in [0.3, 0.4) is 0 Å². The lowest BCUT2D eigenvalue weighted by Gasteiger charge is -2.15. The lowest BCUT2D eigenvalue weighted by molar-refractivity contribution is -0.120. The van der Waals surface area contributed by atoms with Gasteiger partial charge in [-0.1, -0.05) is 39.7 Å². The third-order valence-electron chi connectivity index (χ3n) is 2.18. The summed E-state index contributed by atoms with van der Waals surface area (Å²) < 4.78 is 0. The second-order valence-corrected chi connectivity index (χ2v) is 5.67. The van der Waals surface area contributed by atoms with Crippen molar-refractivity contribution in [2.75, 3.05) is 0 Å². The van der Waals surface area contributed by atoms with Gasteiger partial charge in [0.05, 0.1) is 4.83 Å². The number of carbonyl (C=O) groups is 1. The van der Waals surface area contributed by atoms with Gasteiger partial charge in [0.15, 0.2) is 0 Å². The molecule has 88 valence electrons. The molecule has 0 heterocycles. The summed E-state index contributed by atoms with van der Waals surface area (Å²) in [6, 6.07) is 7.79. The summed E-state index contributed by atoms with van der Waals surface area (Å²) in [7, 11) is 0. The Labute approximate surface area is 110 Å². The predicted molar refractivity (Wildman–Crippen MR) is 71.1 cm³/mol. The molecule has 0 aliphatic rings. The maximum absolute atomic E-state index is 11.4. The van der Waals surface area contributed by atoms with Gasteiger partial charge in [0, 0.05) is 11.1 Å². The summed E-state index contributed by atoms with van der Waals surface area (Å²) in [5.74, 6) is 0.00882. The number of hydrogen-bond donors (Lipinski definition) is 1. The molecule has 1 N–H and O–H groups in total. The van der Waals surface area contributed by atoms with Gasteiger partial charge < -0.3 is 5.32 Å². The normalized spacial score (nSPS) is 14.2. The topological polar surface area (TPSA) is 29.1 Å². The SMILES string of the molecule is CC(Cc1cccc(Cl)c1)NC(=O)C(C)Br. The molecule has 0 aliphatic heterocycles. The number of halogens is 2. The van der Waals surface area contributed by atoms with Gasteiger partial charge in [-0.25, -0.2) is 0 Å². The Morgan fingerprint density at radius 1 is 1.50 bits per heavy atom. The molecule has 0 saturated heterocycles. The van der Waals surface area contributed by atoms with Crippen LogP contribution in [0.4, 0.5) is 0 Å². The second kappa shape index (κ2) is 6.26. The largest absolute Gasteiger partial charge is 0.352 e. The molecule has 4 heteroatoms. The van der Waals surface area contributed by atoms with Crippen molar-refractivity contribution >= 4 is 33.4 Å². The molecule has 0 fully saturated rings. The standard InChI is InChI=1S/C12H15BrClNO/c1-8(15-12(16)9(2)13)6-10-4-3-5-11(14)7-10/h3-5,7-9H,6H2,1-2H3,(H,15,16). The fourth-order valence-electron chi connectivity index (χ4n) is 1.43. The first kappa shape index (κ1) is 13.5. The zero-order chi connectivity index (χ0) is 12.1. The van der Waals surface area contributed by atoms with E-state index in [0.29, 0.717) is 0 Å². The lowest BCUT2D eigenvalue weighted by Crippen LogP contribution is -2.37. The third-order valence-corrected chi connectivity index (χ3v) is 2.83. The minimum absolute atomic E-state index is 0.00882. The molecule has 2 atom stereocenters. The molecular formula is C12H15BrClNO. The fourth-order valence-corrected chi connectivity index (χ4v) is 1.77. The van der Waals surface area contributed by atoms with Crippen molar-refractivity contribution in [2.45, 2.75) is 31.1 Å². The summed E-state index contributed by atoms with van der Waals surface area (Å²) in [4.78, 5) is 11.3. The first-order valence-electron chi connectivity index (χ1n) is 5.18. The first-order valence-corrected chi connectivity index (χ1v) is 6.47. The Morgan fingerprint density at radius 2 is 2.19 bits per heavy atom. The van der Waals surface area contributed by atoms with Gasteiger partial charge in [-0.15, -0.1) is 0 Å². The van der Waals surface area contributed by atoms with Crippen molar-refractivity contribution in [3.8, 4) is 0 Å². The maximum atomic E-state index is 11.4. The van der Waals surface area contributed by atoms with Gasteiger partial charge in [-0.3, -0.25) is 4.79 Å². The summed E-state index contributed by atoms with van der Waals surface area (Å²) in [5.41, 5.74) is 1.13. The van der Waals surface area contributed by atoms with Crippen molar-refractivity contribution in [1.29, 1.82) is 0 Å². The van der Waals surface area contributed by atoms with Gasteiger partial charge >= 0.3 is 0 Å². The first-order chi connectivity index (χ1) is 7.49. The van der Waals surface area contributed by atoms with Gasteiger partial charge in [-0.2, -0.15) is 0 Å². The average Bonchev–Trinajstić information content (AvgIpc) is 2.16. The predicted octanol–water partition coefficient (Wildman–Crippen LogP) is 3.17. The Kier molecular flexibility index (Phi) is 5.29. The summed E-state index contributed by atoms with van der Waals surface area (Å²) >= 11 is 9.12. The number of hydrogen-bond acceptors (Lipinski definition) is 1. The zero-order valence-electron chi connectivity index (χ0n) is 9.34. The van der Waals surface area contributed by atoms with Crippen molar-refractivity contribution in [3.05, 3.63) is 34.9 Å². The molecule has 2 unspecified atom stereocenters. The van der Waals surface area contributed by atoms with Crippen LogP contribution in [0.5, 0.6) is 0 Å². The highest BCUT2D eigenvalue weighted by atomic mass is 79.9. The lowest BCUT2D eigenvalue weighted by atomic mass is 10.1. The van der Waals surface area contributed by atoms with E-state index in [-0.39, 0.29) is 16.8 Å². The molecule has 1 amide bonds. The minimum Gasteiger partial charge on any atom is -0.352 e. The molecule has 0 radical (unpaired) electrons. The molecule has 2 nitrogen and oxygen atoms in total. The average molecular weight is 305 g/mol. The summed E-state index contributed by atoms with van der Waals surface area (Å²) in [6.07, 6.45) is 0.784. The van der Waals surface area contributed by atoms with Crippen LogP contribution < -0.4 is 5.32 Å². The van der Waals surface area contributed by atoms with E-state index < -0.39 is 0 Å². The molecule has 1 aromatic carbocycles. The van der Waals surface area contributed by atoms with Crippen LogP contribution >= 0.6 is 27.5 Å². The molecule has 0 bridgehead atoms. The molecule has 16 heavy (non-hydrogen) atoms. The molecular weight excluding hydrogens is 289 g/mol. The van der Waals surface area contributed by atoms with Crippen molar-refractivity contribution < 1.29 is 4.79 Å². The number of rotatable bonds is 4. The van der Waals surface area contributed by atoms with Crippen LogP contribution in [-0.2, 0) is 11.2 Å². The van der Waals surface area contributed by atoms with Crippen molar-refractivity contribution in [2.24, 2.45) is 0 Å². The number of carbonyl (C=O) groups excluding carboxylic acids is 1. The van der Waals surface area contributed by atoms with Gasteiger partial charge in [0.25, 0.3) is 0 Å². The minimum atomic E-state index is -0.158. The van der Waals surface area contributed by atoms with Crippen LogP contribution in [0, 0.1) is 0 Å². The van der Waals surface area contributed by atoms with E-state index in [1.807, 2.05) is 31.2 Å². The summed E-state index contributed by atoms with van der Waals surface area (Å²) in [6.45, 7) is 3.79. The van der Waals surface area contributed by atoms with E-state index in [0.717, 1.165) is 17.0 Å². The number of benzene rings is 1. The van der Waals surface area contributed by atoms with Gasteiger partial charge in [0.2, 0.25) is 5.91 Å². The van der Waals surface area contributed by atoms with Crippen molar-refractivity contribution in [1.82, 2.24) is 5.32 Å². The highest BCUT2D eigenvalue weighted by molar-refractivity contribution is 9.10. The summed E-state index contributed by atoms with van der Waals surface area (Å²) in [5, 5.41) is 3.65. The van der Waals surface area contributed by atoms with E-state index in [2.05, 4.69) is 21.2 Å². The van der Waals surface area contributed by atoms with E-state index in [9.17, 15) is 4.79 Å². The second-order valence-electron chi connectivity index (χ2n) is 3.86. The van der Waals surface area contributed by atoms with E-state index in [1.165, 1.54) is 0 Å². The Morgan fingerprint density at radius 3 is 2.75 bits per heavy atom. The number of alkyl halides is 1. The van der Waals surface area contributed by atoms with E-state index >= 15 is 0 Å². The third kappa shape index (κ3) is 4.54. The van der Waals surface area contributed by atoms with E-state index in [1.54, 1.807) is 6.92 Å². The molecule has 1 aromatic rings. The van der Waals surface area contributed by atoms with Crippen LogP contribution in [0.25, 0.3) is 0 Å². The highest BCUT2D eigenvalue weighted by Gasteiger charge is 2.12. The van der Waals surface area contributed by atoms with Crippen molar-refractivity contribution in [3.63, 3.8) is 0 Å². The molecule has 0 aromatic heterocycles. The quantitative estimate of drug-likeness (QED) is 0.851. The number of nitrogens with one attached hydrogen (secondary N) is 1. The number of amides is 1. The van der Waals surface area contributed by atoms with Gasteiger partial charge in [0.1, 0.15) is 0 Å². The molecule has 0 saturated carbocycles. The van der Waals surface area contributed by atoms with Gasteiger partial charge in [-0.05, 0) is 38.0 Å². The Balaban J connectivity index is 2.51. The molecule has 1 rings (SSSR count). The van der Waals surface area contributed by atoms with Crippen LogP contribution in [-0.4, -0.2) is 16.8 Å². The van der Waals surface area contributed by atoms with E-state index in [4.69, 9.17) is 11.6 Å².